The third-order valence-electron chi connectivity index (χ3n) is 1.46. The monoisotopic (exact) mass is 214 g/mol. The van der Waals surface area contributed by atoms with Gasteiger partial charge >= 0.3 is 57.4 Å². The molecule has 0 aromatic rings. The van der Waals surface area contributed by atoms with E-state index in [4.69, 9.17) is 15.3 Å². The van der Waals surface area contributed by atoms with Gasteiger partial charge in [0.25, 0.3) is 0 Å². The van der Waals surface area contributed by atoms with Crippen LogP contribution in [0.1, 0.15) is 0 Å². The fourth-order valence-corrected chi connectivity index (χ4v) is 0.809. The van der Waals surface area contributed by atoms with Crippen molar-refractivity contribution in [3.63, 3.8) is 0 Å². The SMILES string of the molecule is O=C1O[C@H]([C@H](O)CO)C([O-])=C1O.[K+]. The minimum absolute atomic E-state index is 0. The molecule has 0 bridgehead atoms. The number of esters is 1. The first-order valence-corrected chi connectivity index (χ1v) is 3.18. The fraction of sp³-hybridized carbons (Fsp3) is 0.500. The predicted octanol–water partition coefficient (Wildman–Crippen LogP) is -5.60. The van der Waals surface area contributed by atoms with E-state index in [2.05, 4.69) is 4.74 Å². The van der Waals surface area contributed by atoms with Gasteiger partial charge in [-0.15, -0.1) is 0 Å². The third kappa shape index (κ3) is 2.66. The van der Waals surface area contributed by atoms with E-state index < -0.39 is 36.3 Å². The van der Waals surface area contributed by atoms with Gasteiger partial charge < -0.3 is 25.2 Å². The van der Waals surface area contributed by atoms with Crippen LogP contribution >= 0.6 is 0 Å². The Bertz CT molecular complexity index is 237. The normalized spacial score (nSPS) is 23.8. The van der Waals surface area contributed by atoms with E-state index in [-0.39, 0.29) is 51.4 Å². The number of cyclic esters (lactones) is 1. The van der Waals surface area contributed by atoms with Gasteiger partial charge in [0, 0.05) is 0 Å². The molecule has 0 saturated heterocycles. The summed E-state index contributed by atoms with van der Waals surface area (Å²) in [5, 5.41) is 36.8. The number of hydrogen-bond donors (Lipinski definition) is 3. The number of aliphatic hydroxyl groups excluding tert-OH is 3. The molecule has 68 valence electrons. The average Bonchev–Trinajstić information content (AvgIpc) is 2.32. The largest absolute Gasteiger partial charge is 1.00 e. The molecule has 1 aliphatic rings. The summed E-state index contributed by atoms with van der Waals surface area (Å²) >= 11 is 0. The van der Waals surface area contributed by atoms with Crippen LogP contribution in [0.15, 0.2) is 11.5 Å². The molecule has 1 rings (SSSR count). The molecular formula is C6H7KO6. The van der Waals surface area contributed by atoms with Crippen LogP contribution < -0.4 is 56.5 Å². The summed E-state index contributed by atoms with van der Waals surface area (Å²) < 4.78 is 4.25. The van der Waals surface area contributed by atoms with E-state index in [0.717, 1.165) is 0 Å². The Labute approximate surface area is 116 Å². The van der Waals surface area contributed by atoms with Crippen LogP contribution in [0.3, 0.4) is 0 Å². The maximum Gasteiger partial charge on any atom is 1.00 e. The molecule has 0 aromatic heterocycles. The van der Waals surface area contributed by atoms with Crippen LogP contribution in [0.5, 0.6) is 0 Å². The van der Waals surface area contributed by atoms with Crippen LogP contribution in [-0.4, -0.2) is 40.1 Å². The van der Waals surface area contributed by atoms with Gasteiger partial charge in [-0.05, 0) is 5.76 Å². The van der Waals surface area contributed by atoms with Crippen molar-refractivity contribution in [2.45, 2.75) is 12.2 Å². The van der Waals surface area contributed by atoms with Crippen molar-refractivity contribution in [1.29, 1.82) is 0 Å². The zero-order valence-electron chi connectivity index (χ0n) is 6.93. The number of aliphatic hydroxyl groups is 3. The van der Waals surface area contributed by atoms with Crippen LogP contribution in [0, 0.1) is 0 Å². The summed E-state index contributed by atoms with van der Waals surface area (Å²) in [4.78, 5) is 10.5. The molecule has 0 fully saturated rings. The van der Waals surface area contributed by atoms with Crippen LogP contribution in [0.2, 0.25) is 0 Å². The number of ether oxygens (including phenoxy) is 1. The Balaban J connectivity index is 0.00000144. The third-order valence-corrected chi connectivity index (χ3v) is 1.46. The van der Waals surface area contributed by atoms with Crippen LogP contribution in [-0.2, 0) is 9.53 Å². The number of carbonyl (C=O) groups excluding carboxylic acids is 1. The molecule has 0 spiro atoms. The Kier molecular flexibility index (Phi) is 5.45. The predicted molar refractivity (Wildman–Crippen MR) is 32.6 cm³/mol. The van der Waals surface area contributed by atoms with E-state index in [0.29, 0.717) is 0 Å². The van der Waals surface area contributed by atoms with Crippen molar-refractivity contribution >= 4 is 5.97 Å². The Morgan fingerprint density at radius 3 is 2.46 bits per heavy atom. The first kappa shape index (κ1) is 13.4. The number of carbonyl (C=O) groups is 1. The van der Waals surface area contributed by atoms with E-state index in [1.165, 1.54) is 0 Å². The maximum absolute atomic E-state index is 10.8. The molecule has 13 heavy (non-hydrogen) atoms. The summed E-state index contributed by atoms with van der Waals surface area (Å²) in [6.45, 7) is -0.711. The molecule has 0 amide bonds. The molecule has 2 atom stereocenters. The molecule has 0 unspecified atom stereocenters. The molecule has 0 saturated carbocycles. The molecule has 0 radical (unpaired) electrons. The first-order chi connectivity index (χ1) is 5.57. The van der Waals surface area contributed by atoms with Crippen LogP contribution in [0.25, 0.3) is 0 Å². The topological polar surface area (TPSA) is 110 Å². The van der Waals surface area contributed by atoms with E-state index in [1.54, 1.807) is 0 Å². The molecule has 0 aliphatic carbocycles. The van der Waals surface area contributed by atoms with E-state index >= 15 is 0 Å². The Morgan fingerprint density at radius 1 is 1.62 bits per heavy atom. The first-order valence-electron chi connectivity index (χ1n) is 3.18. The Hall–Kier alpha value is 0.366. The van der Waals surface area contributed by atoms with Gasteiger partial charge in [0.15, 0.2) is 5.76 Å². The summed E-state index contributed by atoms with van der Waals surface area (Å²) in [5.41, 5.74) is 0. The van der Waals surface area contributed by atoms with Crippen molar-refractivity contribution < 1.29 is 81.3 Å². The number of hydrogen-bond acceptors (Lipinski definition) is 6. The van der Waals surface area contributed by atoms with Crippen molar-refractivity contribution in [2.75, 3.05) is 6.61 Å². The summed E-state index contributed by atoms with van der Waals surface area (Å²) in [6, 6.07) is 0. The van der Waals surface area contributed by atoms with Crippen molar-refractivity contribution in [2.24, 2.45) is 0 Å². The maximum atomic E-state index is 10.8. The van der Waals surface area contributed by atoms with Gasteiger partial charge in [0.05, 0.1) is 6.61 Å². The van der Waals surface area contributed by atoms with Gasteiger partial charge in [-0.2, -0.15) is 0 Å². The van der Waals surface area contributed by atoms with Crippen molar-refractivity contribution in [3.05, 3.63) is 11.5 Å². The molecular weight excluding hydrogens is 207 g/mol. The zero-order valence-corrected chi connectivity index (χ0v) is 10.1. The minimum atomic E-state index is -1.48. The fourth-order valence-electron chi connectivity index (χ4n) is 0.809. The molecule has 0 aromatic carbocycles. The molecule has 3 N–H and O–H groups in total. The Morgan fingerprint density at radius 2 is 2.15 bits per heavy atom. The van der Waals surface area contributed by atoms with Crippen molar-refractivity contribution in [3.8, 4) is 0 Å². The molecule has 1 aliphatic heterocycles. The van der Waals surface area contributed by atoms with E-state index in [1.807, 2.05) is 0 Å². The number of rotatable bonds is 2. The second kappa shape index (κ2) is 5.30. The van der Waals surface area contributed by atoms with Gasteiger partial charge in [0.1, 0.15) is 12.2 Å². The van der Waals surface area contributed by atoms with Crippen molar-refractivity contribution in [1.82, 2.24) is 0 Å². The van der Waals surface area contributed by atoms with Gasteiger partial charge in [-0.25, -0.2) is 4.79 Å². The summed E-state index contributed by atoms with van der Waals surface area (Å²) in [5.74, 6) is -3.20. The summed E-state index contributed by atoms with van der Waals surface area (Å²) in [6.07, 6.45) is -2.95. The van der Waals surface area contributed by atoms with Gasteiger partial charge in [-0.1, -0.05) is 0 Å². The second-order valence-electron chi connectivity index (χ2n) is 2.29. The molecule has 1 heterocycles. The molecule has 6 nitrogen and oxygen atoms in total. The van der Waals surface area contributed by atoms with Crippen LogP contribution in [0.4, 0.5) is 0 Å². The average molecular weight is 214 g/mol. The van der Waals surface area contributed by atoms with E-state index in [9.17, 15) is 9.90 Å². The molecule has 7 heteroatoms. The smallest absolute Gasteiger partial charge is 0.870 e. The zero-order chi connectivity index (χ0) is 9.30. The quantitative estimate of drug-likeness (QED) is 0.312. The minimum Gasteiger partial charge on any atom is -0.870 e. The summed E-state index contributed by atoms with van der Waals surface area (Å²) in [7, 11) is 0. The van der Waals surface area contributed by atoms with Gasteiger partial charge in [0.2, 0.25) is 0 Å². The van der Waals surface area contributed by atoms with Gasteiger partial charge in [-0.3, -0.25) is 0 Å². The standard InChI is InChI=1S/C6H8O6.K/c7-1-2(8)5-3(9)4(10)6(11)12-5;/h2,5,7-10H,1H2;/q;+1/p-1/t2-,5-;/m1./s1. The second-order valence-corrected chi connectivity index (χ2v) is 2.29.